The highest BCUT2D eigenvalue weighted by Gasteiger charge is 2.16. The Morgan fingerprint density at radius 3 is 1.21 bits per heavy atom. The summed E-state index contributed by atoms with van der Waals surface area (Å²) in [7, 11) is 0. The van der Waals surface area contributed by atoms with Gasteiger partial charge in [-0.25, -0.2) is 9.56 Å². The quantitative estimate of drug-likeness (QED) is 0.663. The molecular weight excluding hydrogens is 260 g/mol. The van der Waals surface area contributed by atoms with Gasteiger partial charge in [-0.15, -0.1) is 0 Å². The van der Waals surface area contributed by atoms with Gasteiger partial charge >= 0.3 is 0 Å². The highest BCUT2D eigenvalue weighted by molar-refractivity contribution is 7.54. The van der Waals surface area contributed by atoms with Crippen molar-refractivity contribution in [1.82, 2.24) is 0 Å². The predicted molar refractivity (Wildman–Crippen MR) is 74.3 cm³/mol. The first-order valence-corrected chi connectivity index (χ1v) is 6.20. The summed E-state index contributed by atoms with van der Waals surface area (Å²) in [6.45, 7) is 0. The van der Waals surface area contributed by atoms with Crippen molar-refractivity contribution in [1.29, 1.82) is 9.56 Å². The third kappa shape index (κ3) is 4.40. The summed E-state index contributed by atoms with van der Waals surface area (Å²) in [6, 6.07) is 17.2. The van der Waals surface area contributed by atoms with Crippen molar-refractivity contribution < 1.29 is 9.59 Å². The van der Waals surface area contributed by atoms with E-state index in [0.29, 0.717) is 11.1 Å². The topological polar surface area (TPSA) is 81.8 Å². The van der Waals surface area contributed by atoms with Gasteiger partial charge in [-0.3, -0.25) is 9.59 Å². The van der Waals surface area contributed by atoms with Gasteiger partial charge < -0.3 is 0 Å². The zero-order valence-electron chi connectivity index (χ0n) is 10.00. The van der Waals surface area contributed by atoms with Gasteiger partial charge in [0, 0.05) is 11.1 Å². The van der Waals surface area contributed by atoms with Gasteiger partial charge in [0.05, 0.1) is 11.4 Å². The molecular formula is C14H12N2O2S. The Morgan fingerprint density at radius 1 is 0.684 bits per heavy atom. The molecule has 0 amide bonds. The van der Waals surface area contributed by atoms with Gasteiger partial charge in [0.2, 0.25) is 11.6 Å². The molecule has 0 radical (unpaired) electrons. The molecule has 0 saturated heterocycles. The van der Waals surface area contributed by atoms with E-state index in [1.54, 1.807) is 48.5 Å². The third-order valence-electron chi connectivity index (χ3n) is 2.28. The first-order valence-electron chi connectivity index (χ1n) is 5.39. The highest BCUT2D eigenvalue weighted by atomic mass is 32.1. The van der Waals surface area contributed by atoms with E-state index < -0.39 is 11.6 Å². The van der Waals surface area contributed by atoms with Gasteiger partial charge in [-0.1, -0.05) is 60.7 Å². The molecule has 0 aliphatic carbocycles. The molecule has 0 aliphatic rings. The van der Waals surface area contributed by atoms with Crippen LogP contribution in [-0.2, 0) is 11.4 Å². The molecule has 96 valence electrons. The van der Waals surface area contributed by atoms with E-state index in [-0.39, 0.29) is 11.4 Å². The molecule has 0 saturated carbocycles. The van der Waals surface area contributed by atoms with Gasteiger partial charge in [-0.05, 0) is 0 Å². The van der Waals surface area contributed by atoms with Crippen LogP contribution in [0.4, 0.5) is 0 Å². The van der Waals surface area contributed by atoms with Crippen LogP contribution in [0.3, 0.4) is 0 Å². The van der Waals surface area contributed by atoms with Crippen LogP contribution < -0.4 is 0 Å². The van der Waals surface area contributed by atoms with Crippen molar-refractivity contribution in [3.8, 4) is 0 Å². The molecule has 0 bridgehead atoms. The Hall–Kier alpha value is -2.40. The van der Waals surface area contributed by atoms with Crippen LogP contribution in [0.25, 0.3) is 0 Å². The molecule has 2 N–H and O–H groups in total. The second-order valence-electron chi connectivity index (χ2n) is 3.49. The Bertz CT molecular complexity index is 542. The fourth-order valence-electron chi connectivity index (χ4n) is 1.44. The second-order valence-corrected chi connectivity index (χ2v) is 3.70. The minimum Gasteiger partial charge on any atom is -0.285 e. The van der Waals surface area contributed by atoms with Crippen molar-refractivity contribution in [3.63, 3.8) is 0 Å². The largest absolute Gasteiger partial charge is 0.285 e. The molecule has 4 nitrogen and oxygen atoms in total. The van der Waals surface area contributed by atoms with E-state index in [4.69, 9.17) is 9.56 Å². The lowest BCUT2D eigenvalue weighted by Gasteiger charge is -1.99. The van der Waals surface area contributed by atoms with Gasteiger partial charge in [0.1, 0.15) is 0 Å². The molecule has 0 aliphatic heterocycles. The lowest BCUT2D eigenvalue weighted by Crippen LogP contribution is -2.14. The standard InChI is InChI=1S/C14H10O2.H2N2S/c15-13(11-7-3-1-4-8-11)14(16)12-9-5-2-6-10-12;1-3-2/h1-10H;1-2H. The monoisotopic (exact) mass is 272 g/mol. The van der Waals surface area contributed by atoms with Crippen LogP contribution in [0.1, 0.15) is 20.7 Å². The smallest absolute Gasteiger partial charge is 0.233 e. The summed E-state index contributed by atoms with van der Waals surface area (Å²) in [5.41, 5.74) is 0.854. The fraction of sp³-hybridized carbons (Fsp3) is 0. The van der Waals surface area contributed by atoms with Gasteiger partial charge in [0.15, 0.2) is 0 Å². The maximum Gasteiger partial charge on any atom is 0.233 e. The first-order chi connectivity index (χ1) is 9.20. The summed E-state index contributed by atoms with van der Waals surface area (Å²) in [5, 5.41) is 0. The summed E-state index contributed by atoms with van der Waals surface area (Å²) in [4.78, 5) is 23.6. The van der Waals surface area contributed by atoms with Crippen molar-refractivity contribution in [3.05, 3.63) is 71.8 Å². The van der Waals surface area contributed by atoms with Crippen molar-refractivity contribution in [2.24, 2.45) is 0 Å². The van der Waals surface area contributed by atoms with Crippen LogP contribution in [0.2, 0.25) is 0 Å². The SMILES string of the molecule is N=S=N.O=C(C(=O)c1ccccc1)c1ccccc1. The summed E-state index contributed by atoms with van der Waals surface area (Å²) >= 11 is 0.250. The molecule has 2 aromatic carbocycles. The maximum atomic E-state index is 11.8. The summed E-state index contributed by atoms with van der Waals surface area (Å²) < 4.78 is 11.6. The number of ketones is 2. The van der Waals surface area contributed by atoms with Gasteiger partial charge in [0.25, 0.3) is 0 Å². The number of carbonyl (C=O) groups is 2. The van der Waals surface area contributed by atoms with Crippen molar-refractivity contribution in [2.45, 2.75) is 0 Å². The highest BCUT2D eigenvalue weighted by Crippen LogP contribution is 2.07. The summed E-state index contributed by atoms with van der Waals surface area (Å²) in [6.07, 6.45) is 0. The number of hydrogen-bond donors (Lipinski definition) is 2. The van der Waals surface area contributed by atoms with E-state index in [2.05, 4.69) is 0 Å². The van der Waals surface area contributed by atoms with E-state index >= 15 is 0 Å². The lowest BCUT2D eigenvalue weighted by atomic mass is 10.0. The Balaban J connectivity index is 0.000000550. The first kappa shape index (κ1) is 14.7. The number of benzene rings is 2. The molecule has 0 atom stereocenters. The second kappa shape index (κ2) is 7.84. The molecule has 2 rings (SSSR count). The molecule has 0 fully saturated rings. The normalized spacial score (nSPS) is 8.84. The maximum absolute atomic E-state index is 11.8. The molecule has 0 aromatic heterocycles. The minimum atomic E-state index is -0.466. The Labute approximate surface area is 114 Å². The molecule has 0 unspecified atom stereocenters. The number of hydrogen-bond acceptors (Lipinski definition) is 4. The molecule has 0 spiro atoms. The molecule has 2 aromatic rings. The number of nitrogens with one attached hydrogen (secondary N) is 2. The van der Waals surface area contributed by atoms with Crippen molar-refractivity contribution >= 4 is 22.9 Å². The minimum absolute atomic E-state index is 0.250. The average Bonchev–Trinajstić information content (AvgIpc) is 2.48. The number of Topliss-reactive ketones (excluding diaryl/α,β-unsaturated/α-hetero) is 2. The van der Waals surface area contributed by atoms with Crippen LogP contribution in [-0.4, -0.2) is 11.6 Å². The molecule has 5 heteroatoms. The Kier molecular flexibility index (Phi) is 6.05. The van der Waals surface area contributed by atoms with Crippen LogP contribution in [0.5, 0.6) is 0 Å². The van der Waals surface area contributed by atoms with Crippen LogP contribution in [0, 0.1) is 9.56 Å². The van der Waals surface area contributed by atoms with E-state index in [0.717, 1.165) is 0 Å². The fourth-order valence-corrected chi connectivity index (χ4v) is 1.44. The average molecular weight is 272 g/mol. The van der Waals surface area contributed by atoms with E-state index in [1.165, 1.54) is 0 Å². The summed E-state index contributed by atoms with van der Waals surface area (Å²) in [5.74, 6) is -0.932. The predicted octanol–water partition coefficient (Wildman–Crippen LogP) is 3.35. The van der Waals surface area contributed by atoms with Crippen molar-refractivity contribution in [2.75, 3.05) is 0 Å². The number of rotatable bonds is 3. The van der Waals surface area contributed by atoms with E-state index in [9.17, 15) is 9.59 Å². The van der Waals surface area contributed by atoms with Crippen LogP contribution in [0.15, 0.2) is 60.7 Å². The van der Waals surface area contributed by atoms with E-state index in [1.807, 2.05) is 12.1 Å². The molecule has 0 heterocycles. The Morgan fingerprint density at radius 2 is 0.947 bits per heavy atom. The zero-order valence-corrected chi connectivity index (χ0v) is 10.8. The molecule has 19 heavy (non-hydrogen) atoms. The third-order valence-corrected chi connectivity index (χ3v) is 2.28. The zero-order chi connectivity index (χ0) is 14.1. The van der Waals surface area contributed by atoms with Crippen LogP contribution >= 0.6 is 0 Å². The number of carbonyl (C=O) groups excluding carboxylic acids is 2. The van der Waals surface area contributed by atoms with Gasteiger partial charge in [-0.2, -0.15) is 0 Å². The lowest BCUT2D eigenvalue weighted by molar-refractivity contribution is 0.0817.